The zero-order valence-corrected chi connectivity index (χ0v) is 13.8. The van der Waals surface area contributed by atoms with Crippen LogP contribution in [0.4, 0.5) is 4.39 Å². The fourth-order valence-electron chi connectivity index (χ4n) is 2.95. The fraction of sp³-hybridized carbons (Fsp3) is 0.588. The largest absolute Gasteiger partial charge is 0.465 e. The molecule has 1 atom stereocenters. The van der Waals surface area contributed by atoms with Crippen molar-refractivity contribution in [2.24, 2.45) is 0 Å². The Morgan fingerprint density at radius 3 is 2.57 bits per heavy atom. The van der Waals surface area contributed by atoms with E-state index in [1.54, 1.807) is 12.1 Å². The first-order valence-electron chi connectivity index (χ1n) is 8.03. The number of hydrogen-bond donors (Lipinski definition) is 1. The van der Waals surface area contributed by atoms with Crippen LogP contribution in [0.1, 0.15) is 29.3 Å². The third-order valence-corrected chi connectivity index (χ3v) is 4.47. The molecule has 5 nitrogen and oxygen atoms in total. The van der Waals surface area contributed by atoms with Crippen molar-refractivity contribution < 1.29 is 19.0 Å². The standard InChI is InChI=1S/C17H25FN2O3/c1-3-15(12-21)20-8-6-19(7-9-20)11-14-5-4-13(10-16(14)18)17(22)23-2/h4-5,10,15,21H,3,6-9,11-12H2,1-2H3. The quantitative estimate of drug-likeness (QED) is 0.804. The molecule has 1 fully saturated rings. The van der Waals surface area contributed by atoms with Crippen LogP contribution >= 0.6 is 0 Å². The van der Waals surface area contributed by atoms with Crippen molar-refractivity contribution in [2.75, 3.05) is 39.9 Å². The third-order valence-electron chi connectivity index (χ3n) is 4.47. The molecule has 23 heavy (non-hydrogen) atoms. The summed E-state index contributed by atoms with van der Waals surface area (Å²) in [5.74, 6) is -0.907. The summed E-state index contributed by atoms with van der Waals surface area (Å²) < 4.78 is 18.7. The molecule has 0 aromatic heterocycles. The molecule has 1 aliphatic rings. The lowest BCUT2D eigenvalue weighted by atomic mass is 10.1. The van der Waals surface area contributed by atoms with Gasteiger partial charge in [0.2, 0.25) is 0 Å². The number of nitrogens with zero attached hydrogens (tertiary/aromatic N) is 2. The van der Waals surface area contributed by atoms with Gasteiger partial charge in [-0.2, -0.15) is 0 Å². The average Bonchev–Trinajstić information content (AvgIpc) is 2.58. The van der Waals surface area contributed by atoms with Gasteiger partial charge in [-0.3, -0.25) is 9.80 Å². The lowest BCUT2D eigenvalue weighted by Gasteiger charge is -2.38. The van der Waals surface area contributed by atoms with Gasteiger partial charge < -0.3 is 9.84 Å². The Kier molecular flexibility index (Phi) is 6.50. The van der Waals surface area contributed by atoms with Crippen molar-refractivity contribution in [1.29, 1.82) is 0 Å². The lowest BCUT2D eigenvalue weighted by molar-refractivity contribution is 0.0595. The molecule has 1 aliphatic heterocycles. The highest BCUT2D eigenvalue weighted by atomic mass is 19.1. The molecule has 1 aromatic rings. The minimum Gasteiger partial charge on any atom is -0.465 e. The maximum absolute atomic E-state index is 14.1. The molecular formula is C17H25FN2O3. The molecule has 0 amide bonds. The van der Waals surface area contributed by atoms with E-state index in [1.807, 2.05) is 0 Å². The Bertz CT molecular complexity index is 527. The predicted molar refractivity (Wildman–Crippen MR) is 85.8 cm³/mol. The van der Waals surface area contributed by atoms with Crippen LogP contribution in [-0.2, 0) is 11.3 Å². The SMILES string of the molecule is CCC(CO)N1CCN(Cc2ccc(C(=O)OC)cc2F)CC1. The number of hydrogen-bond acceptors (Lipinski definition) is 5. The number of benzene rings is 1. The second kappa shape index (κ2) is 8.38. The van der Waals surface area contributed by atoms with Crippen LogP contribution < -0.4 is 0 Å². The third kappa shape index (κ3) is 4.50. The molecule has 6 heteroatoms. The van der Waals surface area contributed by atoms with Crippen LogP contribution in [0.2, 0.25) is 0 Å². The highest BCUT2D eigenvalue weighted by Gasteiger charge is 2.23. The topological polar surface area (TPSA) is 53.0 Å². The van der Waals surface area contributed by atoms with E-state index < -0.39 is 5.97 Å². The number of piperazine rings is 1. The molecule has 0 aliphatic carbocycles. The highest BCUT2D eigenvalue weighted by molar-refractivity contribution is 5.89. The Balaban J connectivity index is 1.93. The van der Waals surface area contributed by atoms with Gasteiger partial charge in [-0.25, -0.2) is 9.18 Å². The molecule has 0 saturated carbocycles. The molecule has 1 aromatic carbocycles. The molecule has 128 valence electrons. The van der Waals surface area contributed by atoms with Crippen LogP contribution in [0, 0.1) is 5.82 Å². The lowest BCUT2D eigenvalue weighted by Crippen LogP contribution is -2.50. The van der Waals surface area contributed by atoms with Gasteiger partial charge >= 0.3 is 5.97 Å². The van der Waals surface area contributed by atoms with Crippen LogP contribution in [0.5, 0.6) is 0 Å². The van der Waals surface area contributed by atoms with Crippen LogP contribution in [0.15, 0.2) is 18.2 Å². The van der Waals surface area contributed by atoms with E-state index in [4.69, 9.17) is 0 Å². The number of halogens is 1. The maximum atomic E-state index is 14.1. The number of carbonyl (C=O) groups excluding carboxylic acids is 1. The smallest absolute Gasteiger partial charge is 0.337 e. The molecule has 0 spiro atoms. The minimum absolute atomic E-state index is 0.181. The van der Waals surface area contributed by atoms with Crippen molar-refractivity contribution in [3.05, 3.63) is 35.1 Å². The second-order valence-corrected chi connectivity index (χ2v) is 5.85. The van der Waals surface area contributed by atoms with E-state index in [0.717, 1.165) is 32.6 Å². The average molecular weight is 324 g/mol. The van der Waals surface area contributed by atoms with Gasteiger partial charge in [-0.05, 0) is 18.6 Å². The number of ether oxygens (including phenoxy) is 1. The predicted octanol–water partition coefficient (Wildman–Crippen LogP) is 1.50. The number of rotatable bonds is 6. The van der Waals surface area contributed by atoms with E-state index in [2.05, 4.69) is 21.5 Å². The minimum atomic E-state index is -0.529. The Hall–Kier alpha value is -1.50. The first-order chi connectivity index (χ1) is 11.1. The molecule has 0 bridgehead atoms. The summed E-state index contributed by atoms with van der Waals surface area (Å²) >= 11 is 0. The summed E-state index contributed by atoms with van der Waals surface area (Å²) in [7, 11) is 1.28. The summed E-state index contributed by atoms with van der Waals surface area (Å²) in [4.78, 5) is 15.9. The maximum Gasteiger partial charge on any atom is 0.337 e. The van der Waals surface area contributed by atoms with Crippen molar-refractivity contribution in [2.45, 2.75) is 25.9 Å². The first kappa shape index (κ1) is 17.8. The number of aliphatic hydroxyl groups is 1. The second-order valence-electron chi connectivity index (χ2n) is 5.85. The van der Waals surface area contributed by atoms with Gasteiger partial charge in [0.1, 0.15) is 5.82 Å². The molecule has 1 heterocycles. The molecule has 1 saturated heterocycles. The van der Waals surface area contributed by atoms with Crippen LogP contribution in [0.3, 0.4) is 0 Å². The Morgan fingerprint density at radius 2 is 2.04 bits per heavy atom. The van der Waals surface area contributed by atoms with Gasteiger partial charge in [-0.1, -0.05) is 13.0 Å². The molecule has 0 radical (unpaired) electrons. The van der Waals surface area contributed by atoms with E-state index in [0.29, 0.717) is 12.1 Å². The van der Waals surface area contributed by atoms with Crippen molar-refractivity contribution in [3.63, 3.8) is 0 Å². The number of aliphatic hydroxyl groups excluding tert-OH is 1. The molecule has 2 rings (SSSR count). The highest BCUT2D eigenvalue weighted by Crippen LogP contribution is 2.16. The van der Waals surface area contributed by atoms with Crippen molar-refractivity contribution in [1.82, 2.24) is 9.80 Å². The number of carbonyl (C=O) groups is 1. The van der Waals surface area contributed by atoms with E-state index in [9.17, 15) is 14.3 Å². The summed E-state index contributed by atoms with van der Waals surface area (Å²) in [6.45, 7) is 6.22. The van der Waals surface area contributed by atoms with Gasteiger partial charge in [0.05, 0.1) is 19.3 Å². The van der Waals surface area contributed by atoms with Gasteiger partial charge in [0, 0.05) is 44.3 Å². The van der Waals surface area contributed by atoms with Crippen molar-refractivity contribution in [3.8, 4) is 0 Å². The Morgan fingerprint density at radius 1 is 1.35 bits per heavy atom. The first-order valence-corrected chi connectivity index (χ1v) is 8.03. The molecular weight excluding hydrogens is 299 g/mol. The molecule has 1 unspecified atom stereocenters. The Labute approximate surface area is 136 Å². The normalized spacial score (nSPS) is 17.9. The zero-order chi connectivity index (χ0) is 16.8. The van der Waals surface area contributed by atoms with E-state index >= 15 is 0 Å². The van der Waals surface area contributed by atoms with Crippen LogP contribution in [-0.4, -0.2) is 66.8 Å². The van der Waals surface area contributed by atoms with E-state index in [-0.39, 0.29) is 24.0 Å². The summed E-state index contributed by atoms with van der Waals surface area (Å²) in [5, 5.41) is 9.36. The molecule has 1 N–H and O–H groups in total. The van der Waals surface area contributed by atoms with Crippen molar-refractivity contribution >= 4 is 5.97 Å². The van der Waals surface area contributed by atoms with Gasteiger partial charge in [-0.15, -0.1) is 0 Å². The van der Waals surface area contributed by atoms with E-state index in [1.165, 1.54) is 13.2 Å². The summed E-state index contributed by atoms with van der Waals surface area (Å²) in [6.07, 6.45) is 0.931. The van der Waals surface area contributed by atoms with Crippen LogP contribution in [0.25, 0.3) is 0 Å². The number of esters is 1. The summed E-state index contributed by atoms with van der Waals surface area (Å²) in [6, 6.07) is 4.69. The van der Waals surface area contributed by atoms with Gasteiger partial charge in [0.15, 0.2) is 0 Å². The summed E-state index contributed by atoms with van der Waals surface area (Å²) in [5.41, 5.74) is 0.813. The zero-order valence-electron chi connectivity index (χ0n) is 13.8. The van der Waals surface area contributed by atoms with Gasteiger partial charge in [0.25, 0.3) is 0 Å². The number of methoxy groups -OCH3 is 1. The fourth-order valence-corrected chi connectivity index (χ4v) is 2.95. The monoisotopic (exact) mass is 324 g/mol.